The van der Waals surface area contributed by atoms with E-state index in [1.165, 1.54) is 11.0 Å². The van der Waals surface area contributed by atoms with Crippen LogP contribution in [0.15, 0.2) is 91.3 Å². The molecule has 4 N–H and O–H groups in total. The molecule has 13 heteroatoms. The lowest BCUT2D eigenvalue weighted by Crippen LogP contribution is -2.28. The molecule has 1 aliphatic heterocycles. The molecule has 0 spiro atoms. The fourth-order valence-corrected chi connectivity index (χ4v) is 5.30. The Kier molecular flexibility index (Phi) is 12.8. The lowest BCUT2D eigenvalue weighted by molar-refractivity contribution is -0.137. The van der Waals surface area contributed by atoms with Gasteiger partial charge in [0.2, 0.25) is 5.91 Å². The molecule has 1 unspecified atom stereocenters. The van der Waals surface area contributed by atoms with Gasteiger partial charge >= 0.3 is 6.18 Å². The van der Waals surface area contributed by atoms with Crippen LogP contribution in [0.4, 0.5) is 18.9 Å². The van der Waals surface area contributed by atoms with Crippen LogP contribution in [-0.2, 0) is 24.0 Å². The van der Waals surface area contributed by atoms with E-state index in [2.05, 4.69) is 10.3 Å². The zero-order valence-electron chi connectivity index (χ0n) is 25.1. The maximum atomic E-state index is 14.3. The monoisotopic (exact) mass is 687 g/mol. The molecule has 0 radical (unpaired) electrons. The number of halogens is 5. The number of rotatable bonds is 10. The minimum absolute atomic E-state index is 0. The summed E-state index contributed by atoms with van der Waals surface area (Å²) in [4.78, 5) is 32.5. The van der Waals surface area contributed by atoms with Gasteiger partial charge in [-0.25, -0.2) is 0 Å². The Morgan fingerprint density at radius 2 is 1.62 bits per heavy atom. The third-order valence-corrected chi connectivity index (χ3v) is 7.64. The summed E-state index contributed by atoms with van der Waals surface area (Å²) in [5.74, 6) is -2.22. The number of anilines is 1. The summed E-state index contributed by atoms with van der Waals surface area (Å²) >= 11 is 0. The Balaban J connectivity index is 0.00000300. The Hall–Kier alpha value is -4.61. The predicted octanol–water partition coefficient (Wildman–Crippen LogP) is 7.01. The molecule has 2 amide bonds. The number of hydrogen-bond acceptors (Lipinski definition) is 5. The zero-order valence-corrected chi connectivity index (χ0v) is 26.8. The van der Waals surface area contributed by atoms with E-state index in [9.17, 15) is 22.8 Å². The van der Waals surface area contributed by atoms with Crippen molar-refractivity contribution >= 4 is 48.2 Å². The number of benzene rings is 3. The summed E-state index contributed by atoms with van der Waals surface area (Å²) in [5.41, 5.74) is 6.26. The molecular weight excluding hydrogens is 654 g/mol. The second-order valence-corrected chi connectivity index (χ2v) is 10.8. The Morgan fingerprint density at radius 1 is 0.936 bits per heavy atom. The molecule has 0 saturated carbocycles. The van der Waals surface area contributed by atoms with Crippen molar-refractivity contribution in [1.29, 1.82) is 5.41 Å². The molecular formula is C34H34Cl2F3N5O3. The second-order valence-electron chi connectivity index (χ2n) is 10.8. The molecule has 1 saturated heterocycles. The van der Waals surface area contributed by atoms with Crippen LogP contribution in [0.2, 0.25) is 0 Å². The Labute approximate surface area is 282 Å². The topological polar surface area (TPSA) is 121 Å². The Morgan fingerprint density at radius 3 is 2.26 bits per heavy atom. The van der Waals surface area contributed by atoms with Gasteiger partial charge in [-0.15, -0.1) is 24.8 Å². The summed E-state index contributed by atoms with van der Waals surface area (Å²) in [6.07, 6.45) is -0.0429. The van der Waals surface area contributed by atoms with E-state index >= 15 is 0 Å². The molecule has 1 fully saturated rings. The number of ether oxygens (including phenoxy) is 1. The van der Waals surface area contributed by atoms with Crippen molar-refractivity contribution in [1.82, 2.24) is 9.88 Å². The zero-order chi connectivity index (χ0) is 32.0. The number of pyridine rings is 1. The van der Waals surface area contributed by atoms with Crippen molar-refractivity contribution < 1.29 is 27.5 Å². The highest BCUT2D eigenvalue weighted by atomic mass is 35.5. The number of nitrogens with zero attached hydrogens (tertiary/aromatic N) is 2. The number of carbonyl (C=O) groups is 2. The first kappa shape index (κ1) is 36.9. The van der Waals surface area contributed by atoms with Crippen molar-refractivity contribution in [3.05, 3.63) is 125 Å². The smallest absolute Gasteiger partial charge is 0.418 e. The van der Waals surface area contributed by atoms with Crippen LogP contribution in [0.25, 0.3) is 0 Å². The average Bonchev–Trinajstić information content (AvgIpc) is 3.58. The van der Waals surface area contributed by atoms with E-state index in [1.807, 2.05) is 30.3 Å². The van der Waals surface area contributed by atoms with Gasteiger partial charge in [0.25, 0.3) is 5.91 Å². The number of nitrogens with one attached hydrogen (secondary N) is 2. The van der Waals surface area contributed by atoms with E-state index in [0.717, 1.165) is 30.5 Å². The lowest BCUT2D eigenvalue weighted by Gasteiger charge is -2.23. The molecule has 248 valence electrons. The highest BCUT2D eigenvalue weighted by Gasteiger charge is 2.36. The normalized spacial score (nSPS) is 13.1. The molecule has 0 aliphatic carbocycles. The number of nitrogen functional groups attached to an aromatic ring is 1. The molecule has 1 aliphatic rings. The van der Waals surface area contributed by atoms with Crippen molar-refractivity contribution in [3.8, 4) is 5.75 Å². The van der Waals surface area contributed by atoms with E-state index in [-0.39, 0.29) is 49.2 Å². The number of amides is 2. The molecule has 1 atom stereocenters. The van der Waals surface area contributed by atoms with Gasteiger partial charge < -0.3 is 20.7 Å². The molecule has 3 aromatic carbocycles. The van der Waals surface area contributed by atoms with Gasteiger partial charge in [-0.3, -0.25) is 20.0 Å². The van der Waals surface area contributed by atoms with Gasteiger partial charge in [0.15, 0.2) is 0 Å². The number of aromatic nitrogens is 1. The third kappa shape index (κ3) is 9.24. The second kappa shape index (κ2) is 16.3. The number of hydrogen-bond donors (Lipinski definition) is 3. The van der Waals surface area contributed by atoms with Crippen LogP contribution < -0.4 is 15.8 Å². The predicted molar refractivity (Wildman–Crippen MR) is 179 cm³/mol. The van der Waals surface area contributed by atoms with E-state index in [4.69, 9.17) is 15.9 Å². The highest BCUT2D eigenvalue weighted by Crippen LogP contribution is 2.38. The maximum Gasteiger partial charge on any atom is 0.418 e. The summed E-state index contributed by atoms with van der Waals surface area (Å²) < 4.78 is 49.1. The van der Waals surface area contributed by atoms with Crippen LogP contribution >= 0.6 is 24.8 Å². The number of carbonyl (C=O) groups excluding carboxylic acids is 2. The fourth-order valence-electron chi connectivity index (χ4n) is 5.30. The summed E-state index contributed by atoms with van der Waals surface area (Å²) in [5, 5.41) is 10.4. The molecule has 47 heavy (non-hydrogen) atoms. The third-order valence-electron chi connectivity index (χ3n) is 7.64. The molecule has 8 nitrogen and oxygen atoms in total. The van der Waals surface area contributed by atoms with E-state index in [1.54, 1.807) is 42.7 Å². The minimum Gasteiger partial charge on any atom is -0.489 e. The van der Waals surface area contributed by atoms with Crippen molar-refractivity contribution in [2.75, 3.05) is 18.4 Å². The number of alkyl halides is 3. The molecule has 1 aromatic heterocycles. The minimum atomic E-state index is -4.85. The van der Waals surface area contributed by atoms with E-state index in [0.29, 0.717) is 35.5 Å². The van der Waals surface area contributed by atoms with Crippen molar-refractivity contribution in [2.24, 2.45) is 5.73 Å². The molecule has 4 aromatic rings. The average molecular weight is 689 g/mol. The van der Waals surface area contributed by atoms with Gasteiger partial charge in [-0.05, 0) is 72.9 Å². The first-order valence-corrected chi connectivity index (χ1v) is 14.5. The number of amidine groups is 1. The summed E-state index contributed by atoms with van der Waals surface area (Å²) in [7, 11) is 0. The molecule has 5 rings (SSSR count). The van der Waals surface area contributed by atoms with Crippen LogP contribution in [0.3, 0.4) is 0 Å². The number of likely N-dealkylation sites (tertiary alicyclic amines) is 1. The lowest BCUT2D eigenvalue weighted by atomic mass is 9.89. The van der Waals surface area contributed by atoms with Gasteiger partial charge in [0, 0.05) is 42.2 Å². The molecule has 2 heterocycles. The van der Waals surface area contributed by atoms with Crippen LogP contribution in [0, 0.1) is 5.41 Å². The van der Waals surface area contributed by atoms with Crippen LogP contribution in [0.1, 0.15) is 56.9 Å². The van der Waals surface area contributed by atoms with Gasteiger partial charge in [0.1, 0.15) is 18.2 Å². The number of nitrogens with two attached hydrogens (primary N) is 1. The van der Waals surface area contributed by atoms with Crippen LogP contribution in [-0.4, -0.2) is 40.6 Å². The van der Waals surface area contributed by atoms with Crippen molar-refractivity contribution in [3.63, 3.8) is 0 Å². The Bertz CT molecular complexity index is 1690. The first-order valence-electron chi connectivity index (χ1n) is 14.5. The first-order chi connectivity index (χ1) is 21.6. The van der Waals surface area contributed by atoms with Gasteiger partial charge in [0.05, 0.1) is 17.2 Å². The van der Waals surface area contributed by atoms with Gasteiger partial charge in [-0.1, -0.05) is 36.4 Å². The highest BCUT2D eigenvalue weighted by molar-refractivity contribution is 6.00. The van der Waals surface area contributed by atoms with Crippen molar-refractivity contribution in [2.45, 2.75) is 38.0 Å². The quantitative estimate of drug-likeness (QED) is 0.122. The standard InChI is InChI=1S/C34H32F3N5O3.2ClH/c35-34(36,37)28-19-25(33(44)42-15-4-5-16-42)10-12-29(28)41-32(43)27(17-23-9-6-14-40-20-23)26-18-24(31(38)39)11-13-30(26)45-21-22-7-2-1-3-8-22;;/h1-3,6-14,18-20,27H,4-5,15-17,21H2,(H3,38,39)(H,41,43);2*1H. The van der Waals surface area contributed by atoms with Gasteiger partial charge in [-0.2, -0.15) is 13.2 Å². The van der Waals surface area contributed by atoms with Crippen LogP contribution in [0.5, 0.6) is 5.75 Å². The summed E-state index contributed by atoms with van der Waals surface area (Å²) in [6.45, 7) is 1.14. The SMILES string of the molecule is Cl.Cl.N=C(N)c1ccc(OCc2ccccc2)c(C(Cc2cccnc2)C(=O)Nc2ccc(C(=O)N3CCCC3)cc2C(F)(F)F)c1. The largest absolute Gasteiger partial charge is 0.489 e. The maximum absolute atomic E-state index is 14.3. The molecule has 0 bridgehead atoms. The van der Waals surface area contributed by atoms with E-state index < -0.39 is 35.2 Å². The fraction of sp³-hybridized carbons (Fsp3) is 0.235. The summed E-state index contributed by atoms with van der Waals surface area (Å²) in [6, 6.07) is 20.7.